The maximum absolute atomic E-state index is 13.1. The summed E-state index contributed by atoms with van der Waals surface area (Å²) in [6.45, 7) is 0. The molecule has 1 unspecified atom stereocenters. The SMILES string of the molecule is OC1C=C(c2ccc(F)c(C(F)(F)F)c2)CCC1. The summed E-state index contributed by atoms with van der Waals surface area (Å²) >= 11 is 0. The highest BCUT2D eigenvalue weighted by Crippen LogP contribution is 2.35. The van der Waals surface area contributed by atoms with Crippen LogP contribution in [0.4, 0.5) is 17.6 Å². The van der Waals surface area contributed by atoms with E-state index in [1.807, 2.05) is 0 Å². The van der Waals surface area contributed by atoms with Crippen molar-refractivity contribution < 1.29 is 22.7 Å². The van der Waals surface area contributed by atoms with E-state index in [9.17, 15) is 22.7 Å². The van der Waals surface area contributed by atoms with Crippen molar-refractivity contribution in [3.05, 3.63) is 41.2 Å². The van der Waals surface area contributed by atoms with E-state index in [1.165, 1.54) is 12.1 Å². The second kappa shape index (κ2) is 4.72. The Morgan fingerprint density at radius 3 is 2.56 bits per heavy atom. The molecule has 2 rings (SSSR count). The van der Waals surface area contributed by atoms with Crippen LogP contribution in [-0.2, 0) is 6.18 Å². The smallest absolute Gasteiger partial charge is 0.389 e. The van der Waals surface area contributed by atoms with Crippen molar-refractivity contribution in [1.82, 2.24) is 0 Å². The molecule has 0 saturated carbocycles. The molecular weight excluding hydrogens is 248 g/mol. The van der Waals surface area contributed by atoms with Crippen molar-refractivity contribution in [2.45, 2.75) is 31.5 Å². The van der Waals surface area contributed by atoms with E-state index in [0.717, 1.165) is 12.1 Å². The summed E-state index contributed by atoms with van der Waals surface area (Å²) < 4.78 is 50.8. The molecule has 1 atom stereocenters. The summed E-state index contributed by atoms with van der Waals surface area (Å²) in [5.41, 5.74) is -0.303. The van der Waals surface area contributed by atoms with Gasteiger partial charge in [0.05, 0.1) is 11.7 Å². The van der Waals surface area contributed by atoms with Crippen molar-refractivity contribution in [2.75, 3.05) is 0 Å². The van der Waals surface area contributed by atoms with Gasteiger partial charge in [0.1, 0.15) is 5.82 Å². The first kappa shape index (κ1) is 13.1. The maximum atomic E-state index is 13.1. The predicted molar refractivity (Wildman–Crippen MR) is 59.2 cm³/mol. The van der Waals surface area contributed by atoms with Gasteiger partial charge in [-0.15, -0.1) is 0 Å². The van der Waals surface area contributed by atoms with Crippen LogP contribution in [0.1, 0.15) is 30.4 Å². The Kier molecular flexibility index (Phi) is 3.43. The van der Waals surface area contributed by atoms with Crippen LogP contribution in [0, 0.1) is 5.82 Å². The van der Waals surface area contributed by atoms with Gasteiger partial charge in [-0.3, -0.25) is 0 Å². The van der Waals surface area contributed by atoms with E-state index in [1.54, 1.807) is 0 Å². The molecule has 1 aromatic rings. The third kappa shape index (κ3) is 2.72. The average Bonchev–Trinajstić information content (AvgIpc) is 2.28. The highest BCUT2D eigenvalue weighted by atomic mass is 19.4. The quantitative estimate of drug-likeness (QED) is 0.762. The van der Waals surface area contributed by atoms with E-state index in [4.69, 9.17) is 0 Å². The van der Waals surface area contributed by atoms with Crippen LogP contribution in [0.25, 0.3) is 5.57 Å². The van der Waals surface area contributed by atoms with Gasteiger partial charge in [0, 0.05) is 0 Å². The Balaban J connectivity index is 2.41. The predicted octanol–water partition coefficient (Wildman–Crippen LogP) is 3.77. The standard InChI is InChI=1S/C13H12F4O/c14-12-5-4-9(7-11(12)13(15,16)17)8-2-1-3-10(18)6-8/h4-7,10,18H,1-3H2. The van der Waals surface area contributed by atoms with Crippen LogP contribution in [0.5, 0.6) is 0 Å². The molecule has 1 aliphatic rings. The Bertz CT molecular complexity index is 476. The second-order valence-corrected chi connectivity index (χ2v) is 4.34. The van der Waals surface area contributed by atoms with E-state index >= 15 is 0 Å². The molecule has 98 valence electrons. The third-order valence-electron chi connectivity index (χ3n) is 2.98. The molecule has 18 heavy (non-hydrogen) atoms. The van der Waals surface area contributed by atoms with Gasteiger partial charge in [0.25, 0.3) is 0 Å². The second-order valence-electron chi connectivity index (χ2n) is 4.34. The topological polar surface area (TPSA) is 20.2 Å². The van der Waals surface area contributed by atoms with Crippen LogP contribution >= 0.6 is 0 Å². The van der Waals surface area contributed by atoms with Crippen molar-refractivity contribution >= 4 is 5.57 Å². The van der Waals surface area contributed by atoms with Crippen molar-refractivity contribution in [3.8, 4) is 0 Å². The lowest BCUT2D eigenvalue weighted by Crippen LogP contribution is -2.11. The fourth-order valence-corrected chi connectivity index (χ4v) is 2.08. The van der Waals surface area contributed by atoms with Gasteiger partial charge < -0.3 is 5.11 Å². The zero-order valence-corrected chi connectivity index (χ0v) is 9.47. The van der Waals surface area contributed by atoms with Gasteiger partial charge in [-0.1, -0.05) is 12.1 Å². The maximum Gasteiger partial charge on any atom is 0.419 e. The normalized spacial score (nSPS) is 20.7. The number of aliphatic hydroxyl groups excluding tert-OH is 1. The van der Waals surface area contributed by atoms with E-state index in [-0.39, 0.29) is 0 Å². The first-order valence-electron chi connectivity index (χ1n) is 5.64. The van der Waals surface area contributed by atoms with Gasteiger partial charge >= 0.3 is 6.18 Å². The number of alkyl halides is 3. The molecular formula is C13H12F4O. The van der Waals surface area contributed by atoms with Gasteiger partial charge in [-0.05, 0) is 42.5 Å². The summed E-state index contributed by atoms with van der Waals surface area (Å²) in [4.78, 5) is 0. The Morgan fingerprint density at radius 2 is 1.94 bits per heavy atom. The monoisotopic (exact) mass is 260 g/mol. The first-order valence-corrected chi connectivity index (χ1v) is 5.64. The molecule has 0 bridgehead atoms. The number of allylic oxidation sites excluding steroid dienone is 1. The van der Waals surface area contributed by atoms with Gasteiger partial charge in [0.15, 0.2) is 0 Å². The minimum absolute atomic E-state index is 0.322. The Morgan fingerprint density at radius 1 is 1.22 bits per heavy atom. The minimum atomic E-state index is -4.70. The van der Waals surface area contributed by atoms with Crippen molar-refractivity contribution in [1.29, 1.82) is 0 Å². The largest absolute Gasteiger partial charge is 0.419 e. The van der Waals surface area contributed by atoms with Crippen molar-refractivity contribution in [2.24, 2.45) is 0 Å². The van der Waals surface area contributed by atoms with Gasteiger partial charge in [-0.2, -0.15) is 13.2 Å². The van der Waals surface area contributed by atoms with E-state index in [0.29, 0.717) is 30.4 Å². The van der Waals surface area contributed by atoms with Crippen LogP contribution in [0.3, 0.4) is 0 Å². The summed E-state index contributed by atoms with van der Waals surface area (Å²) in [6.07, 6.45) is -1.87. The molecule has 1 aromatic carbocycles. The molecule has 0 aromatic heterocycles. The first-order chi connectivity index (χ1) is 8.38. The molecule has 0 spiro atoms. The zero-order valence-electron chi connectivity index (χ0n) is 9.47. The van der Waals surface area contributed by atoms with E-state index in [2.05, 4.69) is 0 Å². The molecule has 5 heteroatoms. The molecule has 1 N–H and O–H groups in total. The summed E-state index contributed by atoms with van der Waals surface area (Å²) in [5.74, 6) is -1.27. The molecule has 0 saturated heterocycles. The molecule has 1 aliphatic carbocycles. The van der Waals surface area contributed by atoms with Gasteiger partial charge in [0.2, 0.25) is 0 Å². The van der Waals surface area contributed by atoms with Gasteiger partial charge in [-0.25, -0.2) is 4.39 Å². The highest BCUT2D eigenvalue weighted by molar-refractivity contribution is 5.67. The molecule has 0 amide bonds. The average molecular weight is 260 g/mol. The molecule has 0 aliphatic heterocycles. The fraction of sp³-hybridized carbons (Fsp3) is 0.385. The van der Waals surface area contributed by atoms with Crippen LogP contribution in [0.15, 0.2) is 24.3 Å². The number of halogens is 4. The molecule has 0 radical (unpaired) electrons. The molecule has 0 heterocycles. The molecule has 1 nitrogen and oxygen atoms in total. The van der Waals surface area contributed by atoms with Crippen LogP contribution in [-0.4, -0.2) is 11.2 Å². The summed E-state index contributed by atoms with van der Waals surface area (Å²) in [6, 6.07) is 2.94. The Labute approximate surface area is 102 Å². The Hall–Kier alpha value is -1.36. The zero-order chi connectivity index (χ0) is 13.3. The number of aliphatic hydroxyl groups is 1. The summed E-state index contributed by atoms with van der Waals surface area (Å²) in [7, 11) is 0. The lowest BCUT2D eigenvalue weighted by Gasteiger charge is -2.18. The van der Waals surface area contributed by atoms with Crippen molar-refractivity contribution in [3.63, 3.8) is 0 Å². The number of rotatable bonds is 1. The number of hydrogen-bond donors (Lipinski definition) is 1. The summed E-state index contributed by atoms with van der Waals surface area (Å²) in [5, 5.41) is 9.45. The van der Waals surface area contributed by atoms with E-state index < -0.39 is 23.7 Å². The number of hydrogen-bond acceptors (Lipinski definition) is 1. The third-order valence-corrected chi connectivity index (χ3v) is 2.98. The lowest BCUT2D eigenvalue weighted by molar-refractivity contribution is -0.140. The van der Waals surface area contributed by atoms with Crippen LogP contribution in [0.2, 0.25) is 0 Å². The minimum Gasteiger partial charge on any atom is -0.389 e. The lowest BCUT2D eigenvalue weighted by atomic mass is 9.91. The highest BCUT2D eigenvalue weighted by Gasteiger charge is 2.34. The fourth-order valence-electron chi connectivity index (χ4n) is 2.08. The van der Waals surface area contributed by atoms with Crippen LogP contribution < -0.4 is 0 Å². The number of benzene rings is 1. The molecule has 0 fully saturated rings.